The van der Waals surface area contributed by atoms with Gasteiger partial charge in [-0.25, -0.2) is 0 Å². The molecule has 0 aliphatic rings. The first-order valence-corrected chi connectivity index (χ1v) is 9.62. The van der Waals surface area contributed by atoms with Gasteiger partial charge in [0.05, 0.1) is 10.3 Å². The molecule has 0 spiro atoms. The quantitative estimate of drug-likeness (QED) is 0.433. The highest BCUT2D eigenvalue weighted by Gasteiger charge is 2.20. The molecular formula is C21H28N2O2S. The average Bonchev–Trinajstić information content (AvgIpc) is 3.03. The topological polar surface area (TPSA) is 44.7 Å². The summed E-state index contributed by atoms with van der Waals surface area (Å²) in [6.45, 7) is 19.3. The first-order valence-electron chi connectivity index (χ1n) is 8.80. The first kappa shape index (κ1) is 20.1. The first-order chi connectivity index (χ1) is 12.5. The van der Waals surface area contributed by atoms with Crippen LogP contribution in [0.2, 0.25) is 0 Å². The molecule has 2 rings (SSSR count). The molecule has 0 saturated carbocycles. The fourth-order valence-electron chi connectivity index (χ4n) is 2.92. The van der Waals surface area contributed by atoms with Gasteiger partial charge in [0.15, 0.2) is 0 Å². The third-order valence-corrected chi connectivity index (χ3v) is 5.69. The van der Waals surface area contributed by atoms with Gasteiger partial charge in [0.1, 0.15) is 23.1 Å². The number of thiophene rings is 1. The zero-order valence-electron chi connectivity index (χ0n) is 15.9. The number of ether oxygens (including phenoxy) is 1. The van der Waals surface area contributed by atoms with Crippen molar-refractivity contribution in [2.75, 3.05) is 38.6 Å². The van der Waals surface area contributed by atoms with E-state index < -0.39 is 0 Å². The Hall–Kier alpha value is -2.24. The zero-order chi connectivity index (χ0) is 19.3. The van der Waals surface area contributed by atoms with Crippen molar-refractivity contribution in [3.8, 4) is 5.75 Å². The number of anilines is 1. The van der Waals surface area contributed by atoms with Crippen LogP contribution in [0.5, 0.6) is 5.75 Å². The molecule has 140 valence electrons. The molecule has 0 radical (unpaired) electrons. The minimum atomic E-state index is 0.0463. The fraction of sp³-hybridized carbons (Fsp3) is 0.333. The lowest BCUT2D eigenvalue weighted by atomic mass is 10.0. The second-order valence-corrected chi connectivity index (χ2v) is 6.95. The number of nitrogens with zero attached hydrogens (tertiary/aromatic N) is 1. The molecule has 0 atom stereocenters. The van der Waals surface area contributed by atoms with Gasteiger partial charge >= 0.3 is 0 Å². The summed E-state index contributed by atoms with van der Waals surface area (Å²) in [6.07, 6.45) is 1.73. The molecule has 0 saturated heterocycles. The molecule has 2 aromatic rings. The molecule has 4 nitrogen and oxygen atoms in total. The van der Waals surface area contributed by atoms with Crippen LogP contribution in [0.4, 0.5) is 5.00 Å². The maximum absolute atomic E-state index is 10.0. The van der Waals surface area contributed by atoms with E-state index in [1.165, 1.54) is 0 Å². The van der Waals surface area contributed by atoms with Gasteiger partial charge < -0.3 is 20.1 Å². The second-order valence-electron chi connectivity index (χ2n) is 5.93. The maximum Gasteiger partial charge on any atom is 0.145 e. The summed E-state index contributed by atoms with van der Waals surface area (Å²) in [5.74, 6) is 0.832. The predicted octanol–water partition coefficient (Wildman–Crippen LogP) is 5.39. The molecular weight excluding hydrogens is 344 g/mol. The van der Waals surface area contributed by atoms with Crippen LogP contribution in [-0.2, 0) is 0 Å². The third-order valence-electron chi connectivity index (χ3n) is 4.47. The minimum Gasteiger partial charge on any atom is -0.508 e. The zero-order valence-corrected chi connectivity index (χ0v) is 16.7. The number of hydrogen-bond acceptors (Lipinski definition) is 5. The molecule has 5 heteroatoms. The Labute approximate surface area is 160 Å². The van der Waals surface area contributed by atoms with Crippen LogP contribution < -0.4 is 10.1 Å². The van der Waals surface area contributed by atoms with Crippen molar-refractivity contribution in [1.82, 2.24) is 4.90 Å². The van der Waals surface area contributed by atoms with Crippen molar-refractivity contribution in [2.45, 2.75) is 13.8 Å². The van der Waals surface area contributed by atoms with E-state index in [1.807, 2.05) is 19.2 Å². The minimum absolute atomic E-state index is 0.0463. The number of aliphatic hydroxyl groups is 1. The summed E-state index contributed by atoms with van der Waals surface area (Å²) in [6, 6.07) is 3.95. The molecule has 0 bridgehead atoms. The van der Waals surface area contributed by atoms with Gasteiger partial charge in [-0.3, -0.25) is 0 Å². The van der Waals surface area contributed by atoms with E-state index in [4.69, 9.17) is 4.74 Å². The maximum atomic E-state index is 10.0. The van der Waals surface area contributed by atoms with Crippen molar-refractivity contribution < 1.29 is 9.84 Å². The van der Waals surface area contributed by atoms with Crippen LogP contribution in [0.1, 0.15) is 25.0 Å². The Morgan fingerprint density at radius 1 is 1.31 bits per heavy atom. The van der Waals surface area contributed by atoms with Crippen LogP contribution in [-0.4, -0.2) is 43.3 Å². The molecule has 0 unspecified atom stereocenters. The number of hydrogen-bond donors (Lipinski definition) is 2. The second kappa shape index (κ2) is 8.92. The van der Waals surface area contributed by atoms with Crippen LogP contribution in [0.3, 0.4) is 0 Å². The highest BCUT2D eigenvalue weighted by Crippen LogP contribution is 2.45. The van der Waals surface area contributed by atoms with Gasteiger partial charge in [-0.1, -0.05) is 45.7 Å². The molecule has 26 heavy (non-hydrogen) atoms. The molecule has 0 aliphatic heterocycles. The Morgan fingerprint density at radius 3 is 2.54 bits per heavy atom. The van der Waals surface area contributed by atoms with E-state index >= 15 is 0 Å². The van der Waals surface area contributed by atoms with Gasteiger partial charge in [0.25, 0.3) is 0 Å². The van der Waals surface area contributed by atoms with E-state index in [1.54, 1.807) is 17.4 Å². The van der Waals surface area contributed by atoms with Crippen LogP contribution in [0.15, 0.2) is 37.9 Å². The predicted molar refractivity (Wildman–Crippen MR) is 116 cm³/mol. The Kier molecular flexibility index (Phi) is 6.89. The van der Waals surface area contributed by atoms with Crippen LogP contribution in [0, 0.1) is 0 Å². The number of nitrogens with one attached hydrogen (secondary N) is 1. The van der Waals surface area contributed by atoms with Crippen molar-refractivity contribution in [3.63, 3.8) is 0 Å². The van der Waals surface area contributed by atoms with Gasteiger partial charge in [-0.15, -0.1) is 11.3 Å². The van der Waals surface area contributed by atoms with E-state index in [0.29, 0.717) is 6.61 Å². The number of likely N-dealkylation sites (N-methyl/N-ethyl adjacent to an activating group) is 1. The van der Waals surface area contributed by atoms with Crippen LogP contribution >= 0.6 is 11.3 Å². The molecule has 1 aromatic heterocycles. The van der Waals surface area contributed by atoms with Gasteiger partial charge in [0, 0.05) is 24.5 Å². The summed E-state index contributed by atoms with van der Waals surface area (Å²) < 4.78 is 7.19. The lowest BCUT2D eigenvalue weighted by Crippen LogP contribution is -2.28. The van der Waals surface area contributed by atoms with E-state index in [2.05, 4.69) is 43.8 Å². The molecule has 0 aliphatic carbocycles. The van der Waals surface area contributed by atoms with Crippen molar-refractivity contribution in [3.05, 3.63) is 49.1 Å². The normalized spacial score (nSPS) is 10.9. The number of aliphatic hydroxyl groups excluding tert-OH is 1. The number of fused-ring (bicyclic) bond motifs is 1. The SMILES string of the molecule is C=CC(=C)c1ccc2c(C(=C)O)c(NC)sc2c1OCCN(CC)CC. The molecule has 2 N–H and O–H groups in total. The average molecular weight is 373 g/mol. The highest BCUT2D eigenvalue weighted by molar-refractivity contribution is 7.23. The van der Waals surface area contributed by atoms with Crippen LogP contribution in [0.25, 0.3) is 21.4 Å². The Bertz CT molecular complexity index is 819. The molecule has 1 aromatic carbocycles. The smallest absolute Gasteiger partial charge is 0.145 e. The van der Waals surface area contributed by atoms with E-state index in [0.717, 1.165) is 57.2 Å². The van der Waals surface area contributed by atoms with E-state index in [9.17, 15) is 5.11 Å². The van der Waals surface area contributed by atoms with E-state index in [-0.39, 0.29) is 5.76 Å². The highest BCUT2D eigenvalue weighted by atomic mass is 32.1. The van der Waals surface area contributed by atoms with Crippen molar-refractivity contribution >= 4 is 37.8 Å². The monoisotopic (exact) mass is 372 g/mol. The Morgan fingerprint density at radius 2 is 2.00 bits per heavy atom. The summed E-state index contributed by atoms with van der Waals surface area (Å²) in [7, 11) is 1.83. The van der Waals surface area contributed by atoms with Crippen molar-refractivity contribution in [2.24, 2.45) is 0 Å². The van der Waals surface area contributed by atoms with Gasteiger partial charge in [-0.05, 0) is 24.7 Å². The lowest BCUT2D eigenvalue weighted by molar-refractivity contribution is 0.224. The fourth-order valence-corrected chi connectivity index (χ4v) is 4.10. The molecule has 0 fully saturated rings. The molecule has 0 amide bonds. The summed E-state index contributed by atoms with van der Waals surface area (Å²) >= 11 is 1.55. The third kappa shape index (κ3) is 3.94. The number of allylic oxidation sites excluding steroid dienone is 2. The lowest BCUT2D eigenvalue weighted by Gasteiger charge is -2.19. The Balaban J connectivity index is 2.53. The number of benzene rings is 1. The van der Waals surface area contributed by atoms with Crippen molar-refractivity contribution in [1.29, 1.82) is 0 Å². The summed E-state index contributed by atoms with van der Waals surface area (Å²) in [4.78, 5) is 2.32. The largest absolute Gasteiger partial charge is 0.508 e. The van der Waals surface area contributed by atoms with Gasteiger partial charge in [-0.2, -0.15) is 0 Å². The molecule has 1 heterocycles. The van der Waals surface area contributed by atoms with Gasteiger partial charge in [0.2, 0.25) is 0 Å². The number of rotatable bonds is 10. The summed E-state index contributed by atoms with van der Waals surface area (Å²) in [5, 5.41) is 15.0. The summed E-state index contributed by atoms with van der Waals surface area (Å²) in [5.41, 5.74) is 2.46. The standard InChI is InChI=1S/C21H28N2O2S/c1-7-14(4)16-10-11-17-18(15(5)24)21(22-6)26-20(17)19(16)25-13-12-23(8-2)9-3/h7,10-11,22,24H,1,4-5,8-9,12-13H2,2-3,6H3.